The van der Waals surface area contributed by atoms with Crippen LogP contribution in [0.15, 0.2) is 0 Å². The van der Waals surface area contributed by atoms with Crippen LogP contribution in [0.1, 0.15) is 36.8 Å². The van der Waals surface area contributed by atoms with Crippen LogP contribution < -0.4 is 5.32 Å². The molecule has 16 heavy (non-hydrogen) atoms. The molecule has 0 amide bonds. The quantitative estimate of drug-likeness (QED) is 0.751. The van der Waals surface area contributed by atoms with Crippen LogP contribution in [0.2, 0.25) is 0 Å². The van der Waals surface area contributed by atoms with Gasteiger partial charge < -0.3 is 10.1 Å². The van der Waals surface area contributed by atoms with Crippen molar-refractivity contribution in [3.63, 3.8) is 0 Å². The van der Waals surface area contributed by atoms with Crippen LogP contribution in [0.5, 0.6) is 0 Å². The van der Waals surface area contributed by atoms with Gasteiger partial charge in [-0.2, -0.15) is 5.10 Å². The van der Waals surface area contributed by atoms with Gasteiger partial charge in [-0.15, -0.1) is 0 Å². The zero-order valence-corrected chi connectivity index (χ0v) is 11.0. The maximum Gasteiger partial charge on any atom is 0.0644 e. The molecule has 1 aromatic heterocycles. The van der Waals surface area contributed by atoms with E-state index in [4.69, 9.17) is 4.74 Å². The van der Waals surface area contributed by atoms with Crippen molar-refractivity contribution in [3.8, 4) is 0 Å². The second-order valence-electron chi connectivity index (χ2n) is 4.07. The van der Waals surface area contributed by atoms with E-state index in [9.17, 15) is 0 Å². The maximum atomic E-state index is 5.03. The van der Waals surface area contributed by atoms with Crippen LogP contribution in [-0.4, -0.2) is 30.0 Å². The van der Waals surface area contributed by atoms with Crippen molar-refractivity contribution < 1.29 is 4.74 Å². The molecule has 0 aliphatic heterocycles. The van der Waals surface area contributed by atoms with Crippen molar-refractivity contribution in [3.05, 3.63) is 17.0 Å². The van der Waals surface area contributed by atoms with E-state index < -0.39 is 0 Å². The number of aromatic nitrogens is 2. The Morgan fingerprint density at radius 3 is 2.62 bits per heavy atom. The Labute approximate surface area is 98.0 Å². The molecular weight excluding hydrogens is 202 g/mol. The highest BCUT2D eigenvalue weighted by Crippen LogP contribution is 2.20. The summed E-state index contributed by atoms with van der Waals surface area (Å²) in [6.45, 7) is 11.0. The lowest BCUT2D eigenvalue weighted by atomic mass is 10.1. The molecule has 0 aliphatic carbocycles. The van der Waals surface area contributed by atoms with E-state index in [-0.39, 0.29) is 0 Å². The number of nitrogens with zero attached hydrogens (tertiary/aromatic N) is 2. The maximum absolute atomic E-state index is 5.03. The first kappa shape index (κ1) is 13.2. The highest BCUT2D eigenvalue weighted by molar-refractivity contribution is 5.27. The molecule has 0 saturated heterocycles. The second-order valence-corrected chi connectivity index (χ2v) is 4.07. The van der Waals surface area contributed by atoms with Gasteiger partial charge in [0.1, 0.15) is 0 Å². The van der Waals surface area contributed by atoms with Crippen LogP contribution in [-0.2, 0) is 11.3 Å². The van der Waals surface area contributed by atoms with Gasteiger partial charge in [0, 0.05) is 37.5 Å². The summed E-state index contributed by atoms with van der Waals surface area (Å²) >= 11 is 0. The molecule has 0 radical (unpaired) electrons. The molecule has 4 heteroatoms. The zero-order valence-electron chi connectivity index (χ0n) is 11.0. The highest BCUT2D eigenvalue weighted by Gasteiger charge is 2.16. The number of aryl methyl sites for hydroxylation is 2. The third kappa shape index (κ3) is 2.83. The normalized spacial score (nSPS) is 13.1. The zero-order chi connectivity index (χ0) is 12.1. The average Bonchev–Trinajstić information content (AvgIpc) is 2.54. The first-order chi connectivity index (χ1) is 7.61. The molecule has 0 saturated carbocycles. The summed E-state index contributed by atoms with van der Waals surface area (Å²) in [4.78, 5) is 0. The Balaban J connectivity index is 2.74. The molecule has 1 atom stereocenters. The summed E-state index contributed by atoms with van der Waals surface area (Å²) in [6.07, 6.45) is 0. The Hall–Kier alpha value is -0.870. The summed E-state index contributed by atoms with van der Waals surface area (Å²) in [5, 5.41) is 7.96. The fourth-order valence-corrected chi connectivity index (χ4v) is 2.12. The molecule has 0 spiro atoms. The molecule has 1 N–H and O–H groups in total. The van der Waals surface area contributed by atoms with Gasteiger partial charge in [0.05, 0.1) is 12.3 Å². The largest absolute Gasteiger partial charge is 0.383 e. The Morgan fingerprint density at radius 1 is 1.44 bits per heavy atom. The molecule has 4 nitrogen and oxygen atoms in total. The lowest BCUT2D eigenvalue weighted by Gasteiger charge is -2.14. The number of rotatable bonds is 6. The molecule has 0 aromatic carbocycles. The van der Waals surface area contributed by atoms with Crippen molar-refractivity contribution in [2.24, 2.45) is 0 Å². The minimum Gasteiger partial charge on any atom is -0.383 e. The van der Waals surface area contributed by atoms with Crippen LogP contribution in [0, 0.1) is 13.8 Å². The van der Waals surface area contributed by atoms with Crippen LogP contribution >= 0.6 is 0 Å². The molecule has 1 unspecified atom stereocenters. The van der Waals surface area contributed by atoms with Crippen molar-refractivity contribution >= 4 is 0 Å². The number of hydrogen-bond donors (Lipinski definition) is 1. The van der Waals surface area contributed by atoms with E-state index in [1.165, 1.54) is 11.3 Å². The first-order valence-electron chi connectivity index (χ1n) is 5.88. The Morgan fingerprint density at radius 2 is 2.12 bits per heavy atom. The van der Waals surface area contributed by atoms with E-state index in [1.54, 1.807) is 7.11 Å². The third-order valence-corrected chi connectivity index (χ3v) is 2.93. The fraction of sp³-hybridized carbons (Fsp3) is 0.750. The highest BCUT2D eigenvalue weighted by atomic mass is 16.5. The fourth-order valence-electron chi connectivity index (χ4n) is 2.12. The van der Waals surface area contributed by atoms with Crippen LogP contribution in [0.25, 0.3) is 0 Å². The van der Waals surface area contributed by atoms with Gasteiger partial charge in [0.2, 0.25) is 0 Å². The SMILES string of the molecule is CCn1nc(C)c(C(C)NCCOC)c1C. The van der Waals surface area contributed by atoms with Crippen molar-refractivity contribution in [2.75, 3.05) is 20.3 Å². The lowest BCUT2D eigenvalue weighted by Crippen LogP contribution is -2.23. The van der Waals surface area contributed by atoms with E-state index >= 15 is 0 Å². The molecule has 1 aromatic rings. The molecule has 92 valence electrons. The molecule has 0 aliphatic rings. The van der Waals surface area contributed by atoms with Crippen LogP contribution in [0.4, 0.5) is 0 Å². The second kappa shape index (κ2) is 6.01. The van der Waals surface area contributed by atoms with E-state index in [0.717, 1.165) is 25.4 Å². The van der Waals surface area contributed by atoms with Gasteiger partial charge in [0.15, 0.2) is 0 Å². The minimum atomic E-state index is 0.329. The first-order valence-corrected chi connectivity index (χ1v) is 5.88. The third-order valence-electron chi connectivity index (χ3n) is 2.93. The van der Waals surface area contributed by atoms with Gasteiger partial charge >= 0.3 is 0 Å². The lowest BCUT2D eigenvalue weighted by molar-refractivity contribution is 0.196. The predicted octanol–water partition coefficient (Wildman–Crippen LogP) is 1.82. The van der Waals surface area contributed by atoms with Gasteiger partial charge in [-0.25, -0.2) is 0 Å². The van der Waals surface area contributed by atoms with Crippen molar-refractivity contribution in [2.45, 2.75) is 40.3 Å². The number of nitrogens with one attached hydrogen (secondary N) is 1. The minimum absolute atomic E-state index is 0.329. The van der Waals surface area contributed by atoms with Crippen molar-refractivity contribution in [1.29, 1.82) is 0 Å². The summed E-state index contributed by atoms with van der Waals surface area (Å²) in [7, 11) is 1.72. The molecule has 0 fully saturated rings. The number of hydrogen-bond acceptors (Lipinski definition) is 3. The standard InChI is InChI=1S/C12H23N3O/c1-6-15-11(4)12(10(3)14-15)9(2)13-7-8-16-5/h9,13H,6-8H2,1-5H3. The van der Waals surface area contributed by atoms with Gasteiger partial charge in [0.25, 0.3) is 0 Å². The van der Waals surface area contributed by atoms with Gasteiger partial charge in [-0.05, 0) is 27.7 Å². The van der Waals surface area contributed by atoms with Crippen LogP contribution in [0.3, 0.4) is 0 Å². The van der Waals surface area contributed by atoms with Crippen molar-refractivity contribution in [1.82, 2.24) is 15.1 Å². The molecule has 1 heterocycles. The summed E-state index contributed by atoms with van der Waals surface area (Å²) in [6, 6.07) is 0.329. The Kier molecular flexibility index (Phi) is 4.96. The Bertz CT molecular complexity index is 333. The monoisotopic (exact) mass is 225 g/mol. The average molecular weight is 225 g/mol. The topological polar surface area (TPSA) is 39.1 Å². The number of ether oxygens (including phenoxy) is 1. The van der Waals surface area contributed by atoms with Gasteiger partial charge in [-0.1, -0.05) is 0 Å². The van der Waals surface area contributed by atoms with E-state index in [2.05, 4.69) is 42.8 Å². The molecular formula is C12H23N3O. The number of methoxy groups -OCH3 is 1. The molecule has 0 bridgehead atoms. The van der Waals surface area contributed by atoms with E-state index in [0.29, 0.717) is 6.04 Å². The summed E-state index contributed by atoms with van der Waals surface area (Å²) in [5.41, 5.74) is 3.70. The van der Waals surface area contributed by atoms with E-state index in [1.807, 2.05) is 0 Å². The predicted molar refractivity (Wildman–Crippen MR) is 65.7 cm³/mol. The summed E-state index contributed by atoms with van der Waals surface area (Å²) < 4.78 is 7.09. The van der Waals surface area contributed by atoms with Gasteiger partial charge in [-0.3, -0.25) is 4.68 Å². The molecule has 1 rings (SSSR count). The summed E-state index contributed by atoms with van der Waals surface area (Å²) in [5.74, 6) is 0. The smallest absolute Gasteiger partial charge is 0.0644 e.